The molecular weight excluding hydrogens is 326 g/mol. The summed E-state index contributed by atoms with van der Waals surface area (Å²) in [5, 5.41) is 8.63. The first-order valence-electron chi connectivity index (χ1n) is 9.22. The lowest BCUT2D eigenvalue weighted by Crippen LogP contribution is -1.93. The quantitative estimate of drug-likeness (QED) is 0.359. The van der Waals surface area contributed by atoms with E-state index in [2.05, 4.69) is 115 Å². The van der Waals surface area contributed by atoms with Gasteiger partial charge in [0.2, 0.25) is 0 Å². The van der Waals surface area contributed by atoms with Gasteiger partial charge in [0.25, 0.3) is 0 Å². The Balaban J connectivity index is 1.67. The third kappa shape index (κ3) is 2.84. The molecule has 1 heteroatoms. The van der Waals surface area contributed by atoms with Crippen molar-refractivity contribution in [1.29, 1.82) is 0 Å². The zero-order valence-electron chi connectivity index (χ0n) is 14.9. The Labute approximate surface area is 158 Å². The van der Waals surface area contributed by atoms with Crippen molar-refractivity contribution in [2.45, 2.75) is 0 Å². The number of fused-ring (bicyclic) bond motifs is 2. The van der Waals surface area contributed by atoms with Crippen LogP contribution in [0.2, 0.25) is 0 Å². The van der Waals surface area contributed by atoms with Gasteiger partial charge in [-0.15, -0.1) is 0 Å². The van der Waals surface area contributed by atoms with Crippen LogP contribution in [-0.4, -0.2) is 0 Å². The van der Waals surface area contributed by atoms with Crippen LogP contribution in [0.3, 0.4) is 0 Å². The molecule has 5 rings (SSSR count). The van der Waals surface area contributed by atoms with Crippen LogP contribution in [-0.2, 0) is 0 Å². The normalized spacial score (nSPS) is 11.0. The molecule has 5 aromatic rings. The summed E-state index contributed by atoms with van der Waals surface area (Å²) in [6, 6.07) is 38.4. The van der Waals surface area contributed by atoms with Gasteiger partial charge in [-0.25, -0.2) is 0 Å². The molecule has 0 spiro atoms. The average molecular weight is 345 g/mol. The maximum atomic E-state index is 3.67. The SMILES string of the molecule is c1ccc(-c2ccc(Nc3cccc4ccccc34)c3ccccc23)cc1. The lowest BCUT2D eigenvalue weighted by molar-refractivity contribution is 1.59. The highest BCUT2D eigenvalue weighted by atomic mass is 14.9. The fourth-order valence-corrected chi connectivity index (χ4v) is 3.76. The Morgan fingerprint density at radius 2 is 1.04 bits per heavy atom. The fraction of sp³-hybridized carbons (Fsp3) is 0. The van der Waals surface area contributed by atoms with E-state index < -0.39 is 0 Å². The van der Waals surface area contributed by atoms with Crippen LogP contribution in [0.4, 0.5) is 11.4 Å². The van der Waals surface area contributed by atoms with Crippen molar-refractivity contribution in [2.24, 2.45) is 0 Å². The minimum atomic E-state index is 1.13. The van der Waals surface area contributed by atoms with E-state index in [9.17, 15) is 0 Å². The van der Waals surface area contributed by atoms with E-state index in [0.29, 0.717) is 0 Å². The van der Waals surface area contributed by atoms with E-state index in [-0.39, 0.29) is 0 Å². The van der Waals surface area contributed by atoms with Crippen LogP contribution in [0.5, 0.6) is 0 Å². The molecule has 0 fully saturated rings. The van der Waals surface area contributed by atoms with E-state index >= 15 is 0 Å². The molecule has 0 saturated carbocycles. The smallest absolute Gasteiger partial charge is 0.0464 e. The maximum Gasteiger partial charge on any atom is 0.0464 e. The van der Waals surface area contributed by atoms with Crippen molar-refractivity contribution >= 4 is 32.9 Å². The lowest BCUT2D eigenvalue weighted by atomic mass is 9.97. The van der Waals surface area contributed by atoms with Crippen LogP contribution in [0.15, 0.2) is 109 Å². The first-order valence-corrected chi connectivity index (χ1v) is 9.22. The third-order valence-electron chi connectivity index (χ3n) is 5.07. The Morgan fingerprint density at radius 1 is 0.407 bits per heavy atom. The monoisotopic (exact) mass is 345 g/mol. The molecule has 0 atom stereocenters. The number of hydrogen-bond donors (Lipinski definition) is 1. The lowest BCUT2D eigenvalue weighted by Gasteiger charge is -2.15. The van der Waals surface area contributed by atoms with E-state index in [4.69, 9.17) is 0 Å². The number of hydrogen-bond acceptors (Lipinski definition) is 1. The second-order valence-corrected chi connectivity index (χ2v) is 6.72. The molecule has 0 heterocycles. The van der Waals surface area contributed by atoms with Gasteiger partial charge in [0.1, 0.15) is 0 Å². The summed E-state index contributed by atoms with van der Waals surface area (Å²) in [5.41, 5.74) is 4.76. The Kier molecular flexibility index (Phi) is 3.84. The zero-order valence-corrected chi connectivity index (χ0v) is 14.9. The van der Waals surface area contributed by atoms with Crippen molar-refractivity contribution in [3.05, 3.63) is 109 Å². The number of benzene rings is 5. The van der Waals surface area contributed by atoms with Crippen molar-refractivity contribution in [2.75, 3.05) is 5.32 Å². The Bertz CT molecular complexity index is 1230. The molecule has 0 amide bonds. The van der Waals surface area contributed by atoms with Crippen LogP contribution >= 0.6 is 0 Å². The minimum Gasteiger partial charge on any atom is -0.355 e. The van der Waals surface area contributed by atoms with Crippen LogP contribution in [0.1, 0.15) is 0 Å². The minimum absolute atomic E-state index is 1.13. The Hall–Kier alpha value is -3.58. The second kappa shape index (κ2) is 6.62. The molecule has 1 nitrogen and oxygen atoms in total. The summed E-state index contributed by atoms with van der Waals surface area (Å²) >= 11 is 0. The largest absolute Gasteiger partial charge is 0.355 e. The number of nitrogens with one attached hydrogen (secondary N) is 1. The summed E-state index contributed by atoms with van der Waals surface area (Å²) in [6.45, 7) is 0. The first-order chi connectivity index (χ1) is 13.4. The van der Waals surface area contributed by atoms with Crippen molar-refractivity contribution in [3.63, 3.8) is 0 Å². The molecule has 5 aromatic carbocycles. The predicted octanol–water partition coefficient (Wildman–Crippen LogP) is 7.40. The molecule has 0 bridgehead atoms. The molecular formula is C26H19N. The van der Waals surface area contributed by atoms with Gasteiger partial charge in [-0.1, -0.05) is 97.1 Å². The number of rotatable bonds is 3. The van der Waals surface area contributed by atoms with Gasteiger partial charge in [0, 0.05) is 22.1 Å². The zero-order chi connectivity index (χ0) is 18.1. The summed E-state index contributed by atoms with van der Waals surface area (Å²) in [7, 11) is 0. The highest BCUT2D eigenvalue weighted by Crippen LogP contribution is 2.35. The number of anilines is 2. The van der Waals surface area contributed by atoms with Gasteiger partial charge in [-0.2, -0.15) is 0 Å². The topological polar surface area (TPSA) is 12.0 Å². The van der Waals surface area contributed by atoms with Gasteiger partial charge in [-0.05, 0) is 34.0 Å². The highest BCUT2D eigenvalue weighted by molar-refractivity contribution is 6.06. The van der Waals surface area contributed by atoms with E-state index in [1.807, 2.05) is 0 Å². The molecule has 0 aliphatic heterocycles. The van der Waals surface area contributed by atoms with Gasteiger partial charge in [0.05, 0.1) is 0 Å². The van der Waals surface area contributed by atoms with Gasteiger partial charge < -0.3 is 5.32 Å². The molecule has 0 aliphatic carbocycles. The van der Waals surface area contributed by atoms with Crippen molar-refractivity contribution < 1.29 is 0 Å². The Morgan fingerprint density at radius 3 is 1.89 bits per heavy atom. The summed E-state index contributed by atoms with van der Waals surface area (Å²) in [4.78, 5) is 0. The van der Waals surface area contributed by atoms with Crippen LogP contribution in [0, 0.1) is 0 Å². The van der Waals surface area contributed by atoms with Crippen molar-refractivity contribution in [3.8, 4) is 11.1 Å². The van der Waals surface area contributed by atoms with Gasteiger partial charge in [-0.3, -0.25) is 0 Å². The van der Waals surface area contributed by atoms with E-state index in [1.165, 1.54) is 32.7 Å². The molecule has 0 radical (unpaired) electrons. The second-order valence-electron chi connectivity index (χ2n) is 6.72. The highest BCUT2D eigenvalue weighted by Gasteiger charge is 2.09. The molecule has 128 valence electrons. The molecule has 27 heavy (non-hydrogen) atoms. The van der Waals surface area contributed by atoms with Crippen LogP contribution in [0.25, 0.3) is 32.7 Å². The summed E-state index contributed by atoms with van der Waals surface area (Å²) in [5.74, 6) is 0. The third-order valence-corrected chi connectivity index (χ3v) is 5.07. The maximum absolute atomic E-state index is 3.67. The van der Waals surface area contributed by atoms with Crippen LogP contribution < -0.4 is 5.32 Å². The fourth-order valence-electron chi connectivity index (χ4n) is 3.76. The van der Waals surface area contributed by atoms with E-state index in [0.717, 1.165) is 11.4 Å². The summed E-state index contributed by atoms with van der Waals surface area (Å²) in [6.07, 6.45) is 0. The molecule has 1 N–H and O–H groups in total. The van der Waals surface area contributed by atoms with Gasteiger partial charge >= 0.3 is 0 Å². The predicted molar refractivity (Wildman–Crippen MR) is 117 cm³/mol. The molecule has 0 saturated heterocycles. The van der Waals surface area contributed by atoms with Crippen molar-refractivity contribution in [1.82, 2.24) is 0 Å². The molecule has 0 unspecified atom stereocenters. The standard InChI is InChI=1S/C26H19N/c1-2-9-19(10-3-1)21-17-18-26(24-15-7-6-14-23(21)24)27-25-16-8-12-20-11-4-5-13-22(20)25/h1-18,27H. The van der Waals surface area contributed by atoms with Gasteiger partial charge in [0.15, 0.2) is 0 Å². The molecule has 0 aromatic heterocycles. The van der Waals surface area contributed by atoms with E-state index in [1.54, 1.807) is 0 Å². The molecule has 0 aliphatic rings. The first kappa shape index (κ1) is 15.7. The average Bonchev–Trinajstić information content (AvgIpc) is 2.75. The summed E-state index contributed by atoms with van der Waals surface area (Å²) < 4.78 is 0.